The molecule has 2 rings (SSSR count). The summed E-state index contributed by atoms with van der Waals surface area (Å²) in [5.41, 5.74) is 1.81. The lowest BCUT2D eigenvalue weighted by atomic mass is 10.0. The first-order chi connectivity index (χ1) is 9.11. The van der Waals surface area contributed by atoms with Crippen LogP contribution >= 0.6 is 11.6 Å². The lowest BCUT2D eigenvalue weighted by Crippen LogP contribution is -2.07. The number of aliphatic hydroxyl groups excluding tert-OH is 1. The molecule has 0 saturated carbocycles. The number of halogens is 1. The van der Waals surface area contributed by atoms with Gasteiger partial charge in [-0.2, -0.15) is 5.10 Å². The Morgan fingerprint density at radius 1 is 1.37 bits per heavy atom. The van der Waals surface area contributed by atoms with E-state index in [2.05, 4.69) is 5.10 Å². The highest BCUT2D eigenvalue weighted by Gasteiger charge is 2.16. The summed E-state index contributed by atoms with van der Waals surface area (Å²) in [7, 11) is 3.42. The van der Waals surface area contributed by atoms with Crippen LogP contribution in [0.15, 0.2) is 30.5 Å². The zero-order valence-corrected chi connectivity index (χ0v) is 11.8. The standard InChI is InChI=1S/C14H17ClN2O2/c1-17-14(12(15)9-16-17)13(18)8-5-10-3-6-11(19-2)7-4-10/h3-4,6-7,9,13,18H,5,8H2,1-2H3. The van der Waals surface area contributed by atoms with E-state index in [1.807, 2.05) is 24.3 Å². The Kier molecular flexibility index (Phi) is 4.45. The highest BCUT2D eigenvalue weighted by molar-refractivity contribution is 6.31. The summed E-state index contributed by atoms with van der Waals surface area (Å²) in [6.07, 6.45) is 2.31. The number of hydrogen-bond acceptors (Lipinski definition) is 3. The van der Waals surface area contributed by atoms with E-state index in [0.717, 1.165) is 17.7 Å². The molecule has 0 amide bonds. The van der Waals surface area contributed by atoms with E-state index in [4.69, 9.17) is 16.3 Å². The normalized spacial score (nSPS) is 12.4. The second-order valence-electron chi connectivity index (χ2n) is 4.40. The van der Waals surface area contributed by atoms with Gasteiger partial charge in [0.2, 0.25) is 0 Å². The Bertz CT molecular complexity index is 517. The number of rotatable bonds is 5. The average molecular weight is 281 g/mol. The van der Waals surface area contributed by atoms with Crippen LogP contribution in [0.3, 0.4) is 0 Å². The molecule has 5 heteroatoms. The highest BCUT2D eigenvalue weighted by Crippen LogP contribution is 2.25. The van der Waals surface area contributed by atoms with Crippen molar-refractivity contribution in [2.24, 2.45) is 7.05 Å². The number of aromatic nitrogens is 2. The summed E-state index contributed by atoms with van der Waals surface area (Å²) in [6.45, 7) is 0. The second kappa shape index (κ2) is 6.08. The fraction of sp³-hybridized carbons (Fsp3) is 0.357. The molecule has 1 aromatic carbocycles. The van der Waals surface area contributed by atoms with Crippen molar-refractivity contribution in [1.29, 1.82) is 0 Å². The third-order valence-corrected chi connectivity index (χ3v) is 3.41. The minimum atomic E-state index is -0.609. The molecule has 0 fully saturated rings. The van der Waals surface area contributed by atoms with Crippen LogP contribution < -0.4 is 4.74 Å². The molecule has 0 aliphatic carbocycles. The van der Waals surface area contributed by atoms with Crippen LogP contribution in [-0.2, 0) is 13.5 Å². The third kappa shape index (κ3) is 3.28. The number of aliphatic hydroxyl groups is 1. The molecule has 0 aliphatic rings. The van der Waals surface area contributed by atoms with Crippen LogP contribution in [0.5, 0.6) is 5.75 Å². The van der Waals surface area contributed by atoms with E-state index in [1.54, 1.807) is 25.0 Å². The summed E-state index contributed by atoms with van der Waals surface area (Å²) >= 11 is 6.00. The van der Waals surface area contributed by atoms with E-state index < -0.39 is 6.10 Å². The van der Waals surface area contributed by atoms with Gasteiger partial charge in [-0.05, 0) is 30.5 Å². The van der Waals surface area contributed by atoms with Gasteiger partial charge in [-0.3, -0.25) is 4.68 Å². The number of ether oxygens (including phenoxy) is 1. The Morgan fingerprint density at radius 3 is 2.58 bits per heavy atom. The number of nitrogens with zero attached hydrogens (tertiary/aromatic N) is 2. The van der Waals surface area contributed by atoms with E-state index in [0.29, 0.717) is 17.1 Å². The van der Waals surface area contributed by atoms with E-state index in [-0.39, 0.29) is 0 Å². The molecule has 1 unspecified atom stereocenters. The van der Waals surface area contributed by atoms with Crippen LogP contribution in [0.1, 0.15) is 23.8 Å². The minimum Gasteiger partial charge on any atom is -0.497 e. The van der Waals surface area contributed by atoms with Gasteiger partial charge in [0.05, 0.1) is 30.1 Å². The Morgan fingerprint density at radius 2 is 2.05 bits per heavy atom. The van der Waals surface area contributed by atoms with Gasteiger partial charge in [-0.25, -0.2) is 0 Å². The number of benzene rings is 1. The molecule has 4 nitrogen and oxygen atoms in total. The summed E-state index contributed by atoms with van der Waals surface area (Å²) in [5.74, 6) is 0.832. The third-order valence-electron chi connectivity index (χ3n) is 3.12. The van der Waals surface area contributed by atoms with Gasteiger partial charge in [0.15, 0.2) is 0 Å². The van der Waals surface area contributed by atoms with Crippen molar-refractivity contribution in [3.05, 3.63) is 46.7 Å². The maximum atomic E-state index is 10.2. The lowest BCUT2D eigenvalue weighted by molar-refractivity contribution is 0.158. The Balaban J connectivity index is 1.98. The van der Waals surface area contributed by atoms with Crippen LogP contribution in [0.25, 0.3) is 0 Å². The molecule has 1 aromatic heterocycles. The fourth-order valence-electron chi connectivity index (χ4n) is 2.03. The van der Waals surface area contributed by atoms with Crippen molar-refractivity contribution >= 4 is 11.6 Å². The first-order valence-corrected chi connectivity index (χ1v) is 6.48. The lowest BCUT2D eigenvalue weighted by Gasteiger charge is -2.12. The van der Waals surface area contributed by atoms with Crippen molar-refractivity contribution in [1.82, 2.24) is 9.78 Å². The molecular weight excluding hydrogens is 264 g/mol. The Labute approximate surface area is 117 Å². The summed E-state index contributed by atoms with van der Waals surface area (Å²) in [6, 6.07) is 7.82. The SMILES string of the molecule is COc1ccc(CCC(O)c2c(Cl)cnn2C)cc1. The predicted octanol–water partition coefficient (Wildman–Crippen LogP) is 2.75. The molecule has 0 saturated heterocycles. The molecular formula is C14H17ClN2O2. The zero-order chi connectivity index (χ0) is 13.8. The largest absolute Gasteiger partial charge is 0.497 e. The molecule has 0 radical (unpaired) electrons. The van der Waals surface area contributed by atoms with E-state index in [1.165, 1.54) is 0 Å². The predicted molar refractivity (Wildman–Crippen MR) is 74.5 cm³/mol. The van der Waals surface area contributed by atoms with Gasteiger partial charge in [0, 0.05) is 7.05 Å². The van der Waals surface area contributed by atoms with Crippen LogP contribution in [-0.4, -0.2) is 22.0 Å². The molecule has 0 aliphatic heterocycles. The molecule has 1 N–H and O–H groups in total. The van der Waals surface area contributed by atoms with Gasteiger partial charge in [-0.1, -0.05) is 23.7 Å². The van der Waals surface area contributed by atoms with Crippen LogP contribution in [0, 0.1) is 0 Å². The summed E-state index contributed by atoms with van der Waals surface area (Å²) in [4.78, 5) is 0. The minimum absolute atomic E-state index is 0.504. The van der Waals surface area contributed by atoms with Crippen molar-refractivity contribution in [2.75, 3.05) is 7.11 Å². The molecule has 0 spiro atoms. The molecule has 102 valence electrons. The van der Waals surface area contributed by atoms with Gasteiger partial charge in [0.1, 0.15) is 5.75 Å². The van der Waals surface area contributed by atoms with Crippen molar-refractivity contribution in [3.63, 3.8) is 0 Å². The van der Waals surface area contributed by atoms with Crippen molar-refractivity contribution in [3.8, 4) is 5.75 Å². The number of methoxy groups -OCH3 is 1. The van der Waals surface area contributed by atoms with Crippen LogP contribution in [0.4, 0.5) is 0 Å². The fourth-order valence-corrected chi connectivity index (χ4v) is 2.32. The average Bonchev–Trinajstić information content (AvgIpc) is 2.76. The second-order valence-corrected chi connectivity index (χ2v) is 4.81. The van der Waals surface area contributed by atoms with Gasteiger partial charge in [-0.15, -0.1) is 0 Å². The maximum Gasteiger partial charge on any atom is 0.118 e. The molecule has 1 heterocycles. The number of hydrogen-bond donors (Lipinski definition) is 1. The van der Waals surface area contributed by atoms with Gasteiger partial charge in [0.25, 0.3) is 0 Å². The van der Waals surface area contributed by atoms with Crippen molar-refractivity contribution < 1.29 is 9.84 Å². The van der Waals surface area contributed by atoms with Gasteiger partial charge < -0.3 is 9.84 Å². The zero-order valence-electron chi connectivity index (χ0n) is 11.0. The summed E-state index contributed by atoms with van der Waals surface area (Å²) in [5, 5.41) is 14.7. The molecule has 2 aromatic rings. The van der Waals surface area contributed by atoms with E-state index >= 15 is 0 Å². The molecule has 1 atom stereocenters. The van der Waals surface area contributed by atoms with Crippen LogP contribution in [0.2, 0.25) is 5.02 Å². The van der Waals surface area contributed by atoms with Gasteiger partial charge >= 0.3 is 0 Å². The Hall–Kier alpha value is -1.52. The first-order valence-electron chi connectivity index (χ1n) is 6.10. The quantitative estimate of drug-likeness (QED) is 0.916. The molecule has 19 heavy (non-hydrogen) atoms. The molecule has 0 bridgehead atoms. The number of aryl methyl sites for hydroxylation is 2. The maximum absolute atomic E-state index is 10.2. The smallest absolute Gasteiger partial charge is 0.118 e. The monoisotopic (exact) mass is 280 g/mol. The first kappa shape index (κ1) is 13.9. The van der Waals surface area contributed by atoms with Crippen molar-refractivity contribution in [2.45, 2.75) is 18.9 Å². The topological polar surface area (TPSA) is 47.3 Å². The van der Waals surface area contributed by atoms with E-state index in [9.17, 15) is 5.11 Å². The summed E-state index contributed by atoms with van der Waals surface area (Å²) < 4.78 is 6.72. The highest BCUT2D eigenvalue weighted by atomic mass is 35.5.